The van der Waals surface area contributed by atoms with Crippen LogP contribution in [0.1, 0.15) is 57.1 Å². The third kappa shape index (κ3) is 7.75. The standard InChI is InChI=1S/C23H34N2O4S2/c1-15(2)21(25(5)14-26)23(28)24-18-12-16(3)22(17(4)13-18)29-20(27)9-7-6-8-19-10-11-30-31-19/h12-15,19,21H,6-11H2,1-5H3,(H,24,28)/t19?,21-/m0/s1. The average molecular weight is 467 g/mol. The van der Waals surface area contributed by atoms with Gasteiger partial charge in [0.2, 0.25) is 12.3 Å². The van der Waals surface area contributed by atoms with E-state index in [9.17, 15) is 14.4 Å². The SMILES string of the molecule is Cc1cc(NC(=O)[C@H](C(C)C)N(C)C=O)cc(C)c1OC(=O)CCCCC1CCSS1. The highest BCUT2D eigenvalue weighted by molar-refractivity contribution is 8.77. The summed E-state index contributed by atoms with van der Waals surface area (Å²) >= 11 is 0. The third-order valence-electron chi connectivity index (χ3n) is 5.33. The fourth-order valence-corrected chi connectivity index (χ4v) is 6.82. The van der Waals surface area contributed by atoms with Crippen molar-refractivity contribution in [2.45, 2.75) is 71.1 Å². The summed E-state index contributed by atoms with van der Waals surface area (Å²) in [5.41, 5.74) is 2.19. The van der Waals surface area contributed by atoms with Gasteiger partial charge in [0, 0.05) is 30.2 Å². The van der Waals surface area contributed by atoms with Gasteiger partial charge < -0.3 is 15.0 Å². The minimum atomic E-state index is -0.558. The topological polar surface area (TPSA) is 75.7 Å². The minimum absolute atomic E-state index is 0.0244. The van der Waals surface area contributed by atoms with Gasteiger partial charge in [-0.15, -0.1) is 0 Å². The summed E-state index contributed by atoms with van der Waals surface area (Å²) in [5, 5.41) is 3.62. The van der Waals surface area contributed by atoms with Crippen LogP contribution in [0.5, 0.6) is 5.75 Å². The number of nitrogens with zero attached hydrogens (tertiary/aromatic N) is 1. The average Bonchev–Trinajstić information content (AvgIpc) is 3.21. The van der Waals surface area contributed by atoms with E-state index in [-0.39, 0.29) is 17.8 Å². The van der Waals surface area contributed by atoms with Gasteiger partial charge in [-0.05, 0) is 62.3 Å². The van der Waals surface area contributed by atoms with E-state index in [1.807, 2.05) is 49.3 Å². The molecule has 172 valence electrons. The highest BCUT2D eigenvalue weighted by atomic mass is 33.1. The molecule has 0 saturated carbocycles. The second kappa shape index (κ2) is 12.4. The largest absolute Gasteiger partial charge is 0.426 e. The van der Waals surface area contributed by atoms with Gasteiger partial charge in [-0.2, -0.15) is 0 Å². The molecule has 0 bridgehead atoms. The monoisotopic (exact) mass is 466 g/mol. The van der Waals surface area contributed by atoms with Crippen molar-refractivity contribution in [2.75, 3.05) is 18.1 Å². The molecule has 6 nitrogen and oxygen atoms in total. The number of hydrogen-bond acceptors (Lipinski definition) is 6. The van der Waals surface area contributed by atoms with Gasteiger partial charge in [0.1, 0.15) is 11.8 Å². The molecular weight excluding hydrogens is 432 g/mol. The Morgan fingerprint density at radius 3 is 2.48 bits per heavy atom. The van der Waals surface area contributed by atoms with E-state index in [0.29, 0.717) is 24.3 Å². The molecule has 2 rings (SSSR count). The Labute approximate surface area is 193 Å². The molecule has 31 heavy (non-hydrogen) atoms. The number of amides is 2. The smallest absolute Gasteiger partial charge is 0.311 e. The number of ether oxygens (including phenoxy) is 1. The molecule has 1 saturated heterocycles. The molecular formula is C23H34N2O4S2. The van der Waals surface area contributed by atoms with Crippen molar-refractivity contribution in [1.29, 1.82) is 0 Å². The fraction of sp³-hybridized carbons (Fsp3) is 0.609. The normalized spacial score (nSPS) is 16.8. The van der Waals surface area contributed by atoms with Gasteiger partial charge in [-0.1, -0.05) is 41.9 Å². The lowest BCUT2D eigenvalue weighted by atomic mass is 10.0. The first-order valence-corrected chi connectivity index (χ1v) is 13.2. The van der Waals surface area contributed by atoms with Gasteiger partial charge >= 0.3 is 5.97 Å². The van der Waals surface area contributed by atoms with Gasteiger partial charge in [-0.3, -0.25) is 14.4 Å². The van der Waals surface area contributed by atoms with Crippen LogP contribution >= 0.6 is 21.6 Å². The third-order valence-corrected chi connectivity index (χ3v) is 8.34. The summed E-state index contributed by atoms with van der Waals surface area (Å²) < 4.78 is 5.63. The summed E-state index contributed by atoms with van der Waals surface area (Å²) in [6.07, 6.45) is 5.39. The maximum atomic E-state index is 12.7. The van der Waals surface area contributed by atoms with Crippen LogP contribution in [0, 0.1) is 19.8 Å². The van der Waals surface area contributed by atoms with E-state index in [2.05, 4.69) is 5.32 Å². The lowest BCUT2D eigenvalue weighted by molar-refractivity contribution is -0.134. The zero-order valence-corrected chi connectivity index (χ0v) is 20.7. The number of carbonyl (C=O) groups is 3. The first-order valence-electron chi connectivity index (χ1n) is 10.8. The van der Waals surface area contributed by atoms with Crippen LogP contribution in [0.3, 0.4) is 0 Å². The van der Waals surface area contributed by atoms with Gasteiger partial charge in [0.25, 0.3) is 0 Å². The molecule has 2 amide bonds. The van der Waals surface area contributed by atoms with Crippen LogP contribution in [-0.2, 0) is 14.4 Å². The van der Waals surface area contributed by atoms with Crippen LogP contribution < -0.4 is 10.1 Å². The van der Waals surface area contributed by atoms with E-state index < -0.39 is 6.04 Å². The fourth-order valence-electron chi connectivity index (χ4n) is 3.79. The molecule has 1 heterocycles. The molecule has 8 heteroatoms. The van der Waals surface area contributed by atoms with E-state index >= 15 is 0 Å². The van der Waals surface area contributed by atoms with E-state index in [1.165, 1.54) is 17.1 Å². The molecule has 1 fully saturated rings. The lowest BCUT2D eigenvalue weighted by Crippen LogP contribution is -2.44. The number of benzene rings is 1. The predicted octanol–water partition coefficient (Wildman–Crippen LogP) is 4.97. The van der Waals surface area contributed by atoms with Crippen molar-refractivity contribution in [1.82, 2.24) is 4.90 Å². The Hall–Kier alpha value is -1.67. The molecule has 1 aromatic rings. The predicted molar refractivity (Wildman–Crippen MR) is 130 cm³/mol. The Morgan fingerprint density at radius 1 is 1.26 bits per heavy atom. The first-order chi connectivity index (χ1) is 14.7. The number of esters is 1. The summed E-state index contributed by atoms with van der Waals surface area (Å²) in [6.45, 7) is 7.51. The second-order valence-electron chi connectivity index (χ2n) is 8.44. The molecule has 2 atom stereocenters. The van der Waals surface area contributed by atoms with Crippen LogP contribution in [0.15, 0.2) is 12.1 Å². The molecule has 1 N–H and O–H groups in total. The molecule has 1 aliphatic rings. The second-order valence-corrected chi connectivity index (χ2v) is 11.2. The van der Waals surface area contributed by atoms with Crippen LogP contribution in [0.4, 0.5) is 5.69 Å². The van der Waals surface area contributed by atoms with E-state index in [1.54, 1.807) is 19.2 Å². The number of hydrogen-bond donors (Lipinski definition) is 1. The Morgan fingerprint density at radius 2 is 1.94 bits per heavy atom. The number of likely N-dealkylation sites (N-methyl/N-ethyl adjacent to an activating group) is 1. The van der Waals surface area contributed by atoms with Gasteiger partial charge in [0.05, 0.1) is 0 Å². The molecule has 0 aromatic heterocycles. The highest BCUT2D eigenvalue weighted by Crippen LogP contribution is 2.40. The van der Waals surface area contributed by atoms with Crippen molar-refractivity contribution in [3.63, 3.8) is 0 Å². The summed E-state index contributed by atoms with van der Waals surface area (Å²) in [7, 11) is 5.51. The van der Waals surface area contributed by atoms with Gasteiger partial charge in [-0.25, -0.2) is 0 Å². The molecule has 0 radical (unpaired) electrons. The maximum absolute atomic E-state index is 12.7. The number of nitrogens with one attached hydrogen (secondary N) is 1. The number of anilines is 1. The van der Waals surface area contributed by atoms with Crippen LogP contribution in [0.2, 0.25) is 0 Å². The van der Waals surface area contributed by atoms with Crippen molar-refractivity contribution in [3.8, 4) is 5.75 Å². The molecule has 1 aromatic carbocycles. The van der Waals surface area contributed by atoms with Crippen LogP contribution in [0.25, 0.3) is 0 Å². The highest BCUT2D eigenvalue weighted by Gasteiger charge is 2.26. The van der Waals surface area contributed by atoms with Crippen LogP contribution in [-0.4, -0.2) is 47.3 Å². The minimum Gasteiger partial charge on any atom is -0.426 e. The molecule has 0 aliphatic carbocycles. The Balaban J connectivity index is 1.92. The molecule has 0 spiro atoms. The van der Waals surface area contributed by atoms with Crippen molar-refractivity contribution >= 4 is 45.6 Å². The van der Waals surface area contributed by atoms with Crippen molar-refractivity contribution in [2.24, 2.45) is 5.92 Å². The first kappa shape index (κ1) is 25.6. The zero-order chi connectivity index (χ0) is 23.0. The Bertz CT molecular complexity index is 756. The number of aryl methyl sites for hydroxylation is 2. The number of carbonyl (C=O) groups excluding carboxylic acids is 3. The summed E-state index contributed by atoms with van der Waals surface area (Å²) in [5.74, 6) is 1.30. The van der Waals surface area contributed by atoms with E-state index in [0.717, 1.165) is 35.6 Å². The summed E-state index contributed by atoms with van der Waals surface area (Å²) in [4.78, 5) is 37.5. The number of rotatable bonds is 11. The van der Waals surface area contributed by atoms with Crippen molar-refractivity contribution in [3.05, 3.63) is 23.3 Å². The van der Waals surface area contributed by atoms with E-state index in [4.69, 9.17) is 4.74 Å². The summed E-state index contributed by atoms with van der Waals surface area (Å²) in [6, 6.07) is 3.03. The lowest BCUT2D eigenvalue weighted by Gasteiger charge is -2.27. The Kier molecular flexibility index (Phi) is 10.2. The van der Waals surface area contributed by atoms with Gasteiger partial charge in [0.15, 0.2) is 0 Å². The molecule has 1 aliphatic heterocycles. The number of unbranched alkanes of at least 4 members (excludes halogenated alkanes) is 1. The zero-order valence-electron chi connectivity index (χ0n) is 19.1. The quantitative estimate of drug-likeness (QED) is 0.163. The van der Waals surface area contributed by atoms with Crippen molar-refractivity contribution < 1.29 is 19.1 Å². The maximum Gasteiger partial charge on any atom is 0.311 e. The molecule has 1 unspecified atom stereocenters.